The minimum atomic E-state index is -0.366. The summed E-state index contributed by atoms with van der Waals surface area (Å²) in [6, 6.07) is 7.21. The van der Waals surface area contributed by atoms with Crippen LogP contribution in [0.1, 0.15) is 19.8 Å². The van der Waals surface area contributed by atoms with Gasteiger partial charge in [0.25, 0.3) is 5.91 Å². The first-order valence-electron chi connectivity index (χ1n) is 5.84. The lowest BCUT2D eigenvalue weighted by molar-refractivity contribution is -0.117. The number of carbonyl (C=O) groups excluding carboxylic acids is 1. The van der Waals surface area contributed by atoms with Crippen molar-refractivity contribution < 1.29 is 4.79 Å². The van der Waals surface area contributed by atoms with E-state index in [-0.39, 0.29) is 11.5 Å². The molecule has 0 aliphatic rings. The second-order valence-electron chi connectivity index (χ2n) is 3.64. The number of nitriles is 1. The van der Waals surface area contributed by atoms with Crippen LogP contribution in [0.5, 0.6) is 0 Å². The molecule has 94 valence electrons. The first kappa shape index (κ1) is 13.7. The van der Waals surface area contributed by atoms with Crippen LogP contribution in [-0.2, 0) is 4.79 Å². The second-order valence-corrected chi connectivity index (χ2v) is 3.64. The molecule has 0 saturated carbocycles. The van der Waals surface area contributed by atoms with E-state index in [1.807, 2.05) is 19.1 Å². The number of nitrogens with zero attached hydrogens (tertiary/aromatic N) is 2. The molecule has 1 amide bonds. The maximum absolute atomic E-state index is 11.6. The Hall–Kier alpha value is -2.35. The number of unbranched alkanes of at least 4 members (excludes halogenated alkanes) is 1. The fraction of sp³-hybridized carbons (Fsp3) is 0.308. The predicted octanol–water partition coefficient (Wildman–Crippen LogP) is 1.82. The van der Waals surface area contributed by atoms with E-state index in [1.165, 1.54) is 6.20 Å². The van der Waals surface area contributed by atoms with Crippen molar-refractivity contribution in [2.45, 2.75) is 19.8 Å². The first-order valence-corrected chi connectivity index (χ1v) is 5.84. The number of rotatable bonds is 6. The Labute approximate surface area is 107 Å². The molecule has 0 fully saturated rings. The number of anilines is 1. The van der Waals surface area contributed by atoms with Crippen LogP contribution >= 0.6 is 0 Å². The minimum Gasteiger partial charge on any atom is -0.351 e. The summed E-state index contributed by atoms with van der Waals surface area (Å²) in [5.41, 5.74) is 0.0387. The fourth-order valence-corrected chi connectivity index (χ4v) is 1.22. The van der Waals surface area contributed by atoms with Crippen molar-refractivity contribution in [3.63, 3.8) is 0 Å². The molecular formula is C13H16N4O. The molecule has 5 nitrogen and oxygen atoms in total. The van der Waals surface area contributed by atoms with Gasteiger partial charge in [-0.05, 0) is 18.6 Å². The first-order chi connectivity index (χ1) is 8.77. The smallest absolute Gasteiger partial charge is 0.263 e. The average molecular weight is 244 g/mol. The van der Waals surface area contributed by atoms with Crippen LogP contribution in [0.15, 0.2) is 36.2 Å². The molecule has 0 atom stereocenters. The highest BCUT2D eigenvalue weighted by molar-refractivity contribution is 5.97. The van der Waals surface area contributed by atoms with E-state index in [9.17, 15) is 4.79 Å². The lowest BCUT2D eigenvalue weighted by Crippen LogP contribution is -2.25. The fourth-order valence-electron chi connectivity index (χ4n) is 1.22. The molecule has 1 heterocycles. The lowest BCUT2D eigenvalue weighted by Gasteiger charge is -2.03. The molecule has 0 saturated heterocycles. The Morgan fingerprint density at radius 3 is 3.00 bits per heavy atom. The molecule has 0 aromatic carbocycles. The Morgan fingerprint density at radius 1 is 1.56 bits per heavy atom. The highest BCUT2D eigenvalue weighted by atomic mass is 16.1. The molecule has 5 heteroatoms. The Bertz CT molecular complexity index is 448. The molecule has 1 aromatic rings. The predicted molar refractivity (Wildman–Crippen MR) is 69.5 cm³/mol. The highest BCUT2D eigenvalue weighted by Crippen LogP contribution is 2.01. The van der Waals surface area contributed by atoms with Gasteiger partial charge in [-0.2, -0.15) is 5.26 Å². The van der Waals surface area contributed by atoms with Gasteiger partial charge in [0, 0.05) is 18.9 Å². The van der Waals surface area contributed by atoms with Gasteiger partial charge in [0.2, 0.25) is 0 Å². The number of amides is 1. The summed E-state index contributed by atoms with van der Waals surface area (Å²) in [5.74, 6) is 0.223. The molecule has 0 unspecified atom stereocenters. The zero-order valence-electron chi connectivity index (χ0n) is 10.3. The molecular weight excluding hydrogens is 228 g/mol. The van der Waals surface area contributed by atoms with Crippen LogP contribution in [-0.4, -0.2) is 17.4 Å². The molecule has 1 aromatic heterocycles. The summed E-state index contributed by atoms with van der Waals surface area (Å²) in [4.78, 5) is 15.6. The van der Waals surface area contributed by atoms with E-state index >= 15 is 0 Å². The van der Waals surface area contributed by atoms with Gasteiger partial charge >= 0.3 is 0 Å². The summed E-state index contributed by atoms with van der Waals surface area (Å²) >= 11 is 0. The molecule has 18 heavy (non-hydrogen) atoms. The summed E-state index contributed by atoms with van der Waals surface area (Å²) in [5, 5.41) is 14.4. The third-order valence-electron chi connectivity index (χ3n) is 2.21. The number of nitrogens with one attached hydrogen (secondary N) is 2. The van der Waals surface area contributed by atoms with Gasteiger partial charge in [-0.3, -0.25) is 4.79 Å². The van der Waals surface area contributed by atoms with Crippen LogP contribution < -0.4 is 10.6 Å². The third-order valence-corrected chi connectivity index (χ3v) is 2.21. The quantitative estimate of drug-likeness (QED) is 0.454. The van der Waals surface area contributed by atoms with E-state index in [0.29, 0.717) is 12.4 Å². The van der Waals surface area contributed by atoms with Crippen LogP contribution in [0.2, 0.25) is 0 Å². The van der Waals surface area contributed by atoms with Crippen LogP contribution in [0.3, 0.4) is 0 Å². The summed E-state index contributed by atoms with van der Waals surface area (Å²) < 4.78 is 0. The maximum atomic E-state index is 11.6. The SMILES string of the molecule is CCCCNC(=O)/C(C#N)=C\Nc1ccccn1. The van der Waals surface area contributed by atoms with Crippen molar-refractivity contribution in [2.75, 3.05) is 11.9 Å². The zero-order chi connectivity index (χ0) is 13.2. The average Bonchev–Trinajstić information content (AvgIpc) is 2.41. The number of pyridine rings is 1. The number of hydrogen-bond donors (Lipinski definition) is 2. The third kappa shape index (κ3) is 4.66. The zero-order valence-corrected chi connectivity index (χ0v) is 10.3. The lowest BCUT2D eigenvalue weighted by atomic mass is 10.2. The van der Waals surface area contributed by atoms with Crippen molar-refractivity contribution in [3.8, 4) is 6.07 Å². The molecule has 0 radical (unpaired) electrons. The Balaban J connectivity index is 2.55. The van der Waals surface area contributed by atoms with E-state index in [1.54, 1.807) is 18.3 Å². The van der Waals surface area contributed by atoms with Crippen LogP contribution in [0.4, 0.5) is 5.82 Å². The number of aromatic nitrogens is 1. The monoisotopic (exact) mass is 244 g/mol. The topological polar surface area (TPSA) is 77.8 Å². The van der Waals surface area contributed by atoms with Crippen molar-refractivity contribution in [1.82, 2.24) is 10.3 Å². The van der Waals surface area contributed by atoms with E-state index in [0.717, 1.165) is 12.8 Å². The standard InChI is InChI=1S/C13H16N4O/c1-2-3-7-16-13(18)11(9-14)10-17-12-6-4-5-8-15-12/h4-6,8,10H,2-3,7H2,1H3,(H,15,17)(H,16,18)/b11-10-. The van der Waals surface area contributed by atoms with Gasteiger partial charge in [-0.25, -0.2) is 4.98 Å². The van der Waals surface area contributed by atoms with Gasteiger partial charge in [0.05, 0.1) is 0 Å². The normalized spacial score (nSPS) is 10.6. The van der Waals surface area contributed by atoms with Gasteiger partial charge in [-0.1, -0.05) is 19.4 Å². The van der Waals surface area contributed by atoms with Crippen molar-refractivity contribution in [2.24, 2.45) is 0 Å². The maximum Gasteiger partial charge on any atom is 0.263 e. The van der Waals surface area contributed by atoms with Crippen LogP contribution in [0.25, 0.3) is 0 Å². The summed E-state index contributed by atoms with van der Waals surface area (Å²) in [6.45, 7) is 2.62. The molecule has 0 aliphatic carbocycles. The van der Waals surface area contributed by atoms with Gasteiger partial charge < -0.3 is 10.6 Å². The molecule has 0 bridgehead atoms. The molecule has 0 spiro atoms. The molecule has 2 N–H and O–H groups in total. The molecule has 0 aliphatic heterocycles. The Kier molecular flexibility index (Phi) is 5.98. The van der Waals surface area contributed by atoms with Gasteiger partial charge in [0.15, 0.2) is 0 Å². The summed E-state index contributed by atoms with van der Waals surface area (Å²) in [6.07, 6.45) is 4.89. The minimum absolute atomic E-state index is 0.0387. The van der Waals surface area contributed by atoms with Crippen molar-refractivity contribution in [3.05, 3.63) is 36.2 Å². The highest BCUT2D eigenvalue weighted by Gasteiger charge is 2.07. The largest absolute Gasteiger partial charge is 0.351 e. The number of carbonyl (C=O) groups is 1. The second kappa shape index (κ2) is 7.85. The van der Waals surface area contributed by atoms with E-state index < -0.39 is 0 Å². The van der Waals surface area contributed by atoms with E-state index in [2.05, 4.69) is 15.6 Å². The van der Waals surface area contributed by atoms with Crippen molar-refractivity contribution in [1.29, 1.82) is 5.26 Å². The van der Waals surface area contributed by atoms with Crippen molar-refractivity contribution >= 4 is 11.7 Å². The number of hydrogen-bond acceptors (Lipinski definition) is 4. The summed E-state index contributed by atoms with van der Waals surface area (Å²) in [7, 11) is 0. The van der Waals surface area contributed by atoms with Gasteiger partial charge in [0.1, 0.15) is 17.5 Å². The van der Waals surface area contributed by atoms with E-state index in [4.69, 9.17) is 5.26 Å². The molecule has 1 rings (SSSR count). The van der Waals surface area contributed by atoms with Gasteiger partial charge in [-0.15, -0.1) is 0 Å². The Morgan fingerprint density at radius 2 is 2.39 bits per heavy atom. The van der Waals surface area contributed by atoms with Crippen LogP contribution in [0, 0.1) is 11.3 Å².